The fraction of sp³-hybridized carbons (Fsp3) is 0.407. The zero-order valence-corrected chi connectivity index (χ0v) is 21.4. The fourth-order valence-corrected chi connectivity index (χ4v) is 4.87. The number of nitrogens with two attached hydrogens (primary N) is 1. The van der Waals surface area contributed by atoms with Crippen molar-refractivity contribution < 1.29 is 40.3 Å². The molecule has 1 spiro atoms. The first-order valence-corrected chi connectivity index (χ1v) is 12.4. The third kappa shape index (κ3) is 6.40. The first-order chi connectivity index (χ1) is 18.7. The first kappa shape index (κ1) is 29.4. The third-order valence-electron chi connectivity index (χ3n) is 7.20. The Labute approximate surface area is 225 Å². The van der Waals surface area contributed by atoms with Crippen molar-refractivity contribution in [2.75, 3.05) is 38.1 Å². The molecular formula is C27H27F7N4O2. The molecule has 2 N–H and O–H groups in total. The smallest absolute Gasteiger partial charge is 0.409 e. The summed E-state index contributed by atoms with van der Waals surface area (Å²) in [6.45, 7) is 2.68. The topological polar surface area (TPSA) is 71.2 Å². The van der Waals surface area contributed by atoms with Gasteiger partial charge >= 0.3 is 18.4 Å². The van der Waals surface area contributed by atoms with E-state index in [-0.39, 0.29) is 23.9 Å². The Hall–Kier alpha value is -3.61. The molecule has 2 aromatic rings. The molecule has 0 radical (unpaired) electrons. The number of carbonyl (C=O) groups is 1. The van der Waals surface area contributed by atoms with E-state index in [0.29, 0.717) is 18.0 Å². The van der Waals surface area contributed by atoms with Gasteiger partial charge in [0, 0.05) is 55.9 Å². The molecule has 6 nitrogen and oxygen atoms in total. The van der Waals surface area contributed by atoms with Crippen molar-refractivity contribution in [3.8, 4) is 5.75 Å². The summed E-state index contributed by atoms with van der Waals surface area (Å²) >= 11 is 0. The van der Waals surface area contributed by atoms with E-state index >= 15 is 0 Å². The second kappa shape index (κ2) is 11.1. The number of halogens is 7. The van der Waals surface area contributed by atoms with Gasteiger partial charge in [-0.1, -0.05) is 6.42 Å². The Morgan fingerprint density at radius 2 is 1.75 bits per heavy atom. The molecule has 40 heavy (non-hydrogen) atoms. The number of alkyl halides is 6. The number of carbonyl (C=O) groups excluding carboxylic acids is 1. The van der Waals surface area contributed by atoms with Gasteiger partial charge in [-0.25, -0.2) is 9.18 Å². The van der Waals surface area contributed by atoms with E-state index < -0.39 is 46.7 Å². The predicted molar refractivity (Wildman–Crippen MR) is 136 cm³/mol. The Bertz CT molecular complexity index is 1290. The summed E-state index contributed by atoms with van der Waals surface area (Å²) in [6.07, 6.45) is -6.39. The molecule has 0 aromatic heterocycles. The third-order valence-corrected chi connectivity index (χ3v) is 7.20. The largest absolute Gasteiger partial charge is 0.420 e. The van der Waals surface area contributed by atoms with Crippen LogP contribution in [0.5, 0.6) is 5.75 Å². The van der Waals surface area contributed by atoms with Crippen molar-refractivity contribution in [3.63, 3.8) is 0 Å². The number of benzene rings is 2. The number of hydrogen-bond donors (Lipinski definition) is 1. The van der Waals surface area contributed by atoms with Gasteiger partial charge in [-0.05, 0) is 54.7 Å². The van der Waals surface area contributed by atoms with Gasteiger partial charge in [0.25, 0.3) is 0 Å². The number of nitrogens with zero attached hydrogens (tertiary/aromatic N) is 3. The number of ether oxygens (including phenoxy) is 1. The van der Waals surface area contributed by atoms with E-state index in [1.165, 1.54) is 31.4 Å². The maximum Gasteiger partial charge on any atom is 0.420 e. The zero-order chi connectivity index (χ0) is 29.3. The van der Waals surface area contributed by atoms with Crippen LogP contribution >= 0.6 is 0 Å². The SMILES string of the molecule is CN(C(=O)Oc1c(/C(C=NCCN2CC3(CCC3)C2)=C/N)cc(C(F)(F)F)cc1C(F)(F)F)c1ccc(F)cc1. The summed E-state index contributed by atoms with van der Waals surface area (Å²) in [6, 6.07) is 4.69. The Balaban J connectivity index is 1.64. The molecule has 2 fully saturated rings. The van der Waals surface area contributed by atoms with E-state index in [1.807, 2.05) is 0 Å². The van der Waals surface area contributed by atoms with Gasteiger partial charge < -0.3 is 15.4 Å². The van der Waals surface area contributed by atoms with Crippen molar-refractivity contribution in [2.24, 2.45) is 16.1 Å². The molecule has 1 aliphatic heterocycles. The molecular weight excluding hydrogens is 545 g/mol. The molecule has 1 saturated carbocycles. The highest BCUT2D eigenvalue weighted by molar-refractivity contribution is 6.11. The standard InChI is InChI=1S/C27H27F7N4O2/c1-37(20-5-3-19(28)4-6-20)24(39)40-23-21(11-18(26(29,30)31)12-22(23)27(32,33)34)17(13-35)14-36-9-10-38-15-25(16-38)7-2-8-25/h3-6,11-14H,2,7-10,15-16,35H2,1H3/b17-13+,36-14?. The van der Waals surface area contributed by atoms with Crippen LogP contribution in [0.2, 0.25) is 0 Å². The average molecular weight is 573 g/mol. The fourth-order valence-electron chi connectivity index (χ4n) is 4.87. The van der Waals surface area contributed by atoms with E-state index in [9.17, 15) is 35.5 Å². The normalized spacial score (nSPS) is 17.6. The van der Waals surface area contributed by atoms with Crippen LogP contribution in [0.4, 0.5) is 41.2 Å². The van der Waals surface area contributed by atoms with Crippen molar-refractivity contribution >= 4 is 23.6 Å². The predicted octanol–water partition coefficient (Wildman–Crippen LogP) is 6.35. The zero-order valence-electron chi connectivity index (χ0n) is 21.4. The minimum Gasteiger partial charge on any atom is -0.409 e. The number of allylic oxidation sites excluding steroid dienone is 1. The Kier molecular flexibility index (Phi) is 8.16. The van der Waals surface area contributed by atoms with Crippen LogP contribution in [-0.2, 0) is 12.4 Å². The summed E-state index contributed by atoms with van der Waals surface area (Å²) in [4.78, 5) is 19.9. The van der Waals surface area contributed by atoms with Crippen LogP contribution < -0.4 is 15.4 Å². The molecule has 0 atom stereocenters. The number of aliphatic imine (C=N–C) groups is 1. The number of likely N-dealkylation sites (tertiary alicyclic amines) is 1. The summed E-state index contributed by atoms with van der Waals surface area (Å²) in [5.74, 6) is -1.79. The van der Waals surface area contributed by atoms with Crippen LogP contribution in [0.15, 0.2) is 47.6 Å². The monoisotopic (exact) mass is 572 g/mol. The van der Waals surface area contributed by atoms with E-state index in [4.69, 9.17) is 10.5 Å². The van der Waals surface area contributed by atoms with Crippen molar-refractivity contribution in [1.82, 2.24) is 4.90 Å². The minimum absolute atomic E-state index is 0.0687. The molecule has 2 aromatic carbocycles. The quantitative estimate of drug-likeness (QED) is 0.310. The van der Waals surface area contributed by atoms with Gasteiger partial charge in [0.05, 0.1) is 17.7 Å². The molecule has 1 amide bonds. The summed E-state index contributed by atoms with van der Waals surface area (Å²) in [7, 11) is 1.15. The van der Waals surface area contributed by atoms with Crippen molar-refractivity contribution in [2.45, 2.75) is 31.6 Å². The van der Waals surface area contributed by atoms with E-state index in [2.05, 4.69) is 9.89 Å². The molecule has 13 heteroatoms. The van der Waals surface area contributed by atoms with Gasteiger partial charge in [-0.3, -0.25) is 9.89 Å². The molecule has 2 aliphatic rings. The highest BCUT2D eigenvalue weighted by atomic mass is 19.4. The van der Waals surface area contributed by atoms with Gasteiger partial charge in [0.15, 0.2) is 5.75 Å². The van der Waals surface area contributed by atoms with Gasteiger partial charge in [-0.2, -0.15) is 26.3 Å². The molecule has 216 valence electrons. The van der Waals surface area contributed by atoms with Crippen LogP contribution in [0.3, 0.4) is 0 Å². The number of amides is 1. The Morgan fingerprint density at radius 1 is 1.10 bits per heavy atom. The summed E-state index contributed by atoms with van der Waals surface area (Å²) < 4.78 is 101. The van der Waals surface area contributed by atoms with Crippen LogP contribution in [0.25, 0.3) is 5.57 Å². The number of hydrogen-bond acceptors (Lipinski definition) is 5. The maximum absolute atomic E-state index is 14.0. The lowest BCUT2D eigenvalue weighted by atomic mass is 9.63. The summed E-state index contributed by atoms with van der Waals surface area (Å²) in [5.41, 5.74) is 1.62. The van der Waals surface area contributed by atoms with Crippen molar-refractivity contribution in [3.05, 3.63) is 65.1 Å². The molecule has 1 heterocycles. The molecule has 4 rings (SSSR count). The van der Waals surface area contributed by atoms with Crippen LogP contribution in [0.1, 0.15) is 36.0 Å². The second-order valence-electron chi connectivity index (χ2n) is 10.0. The highest BCUT2D eigenvalue weighted by Crippen LogP contribution is 2.48. The van der Waals surface area contributed by atoms with E-state index in [1.54, 1.807) is 0 Å². The maximum atomic E-state index is 14.0. The average Bonchev–Trinajstić information content (AvgIpc) is 2.83. The highest BCUT2D eigenvalue weighted by Gasteiger charge is 2.46. The molecule has 0 bridgehead atoms. The minimum atomic E-state index is -5.33. The lowest BCUT2D eigenvalue weighted by molar-refractivity contribution is -0.143. The lowest BCUT2D eigenvalue weighted by Gasteiger charge is -2.56. The summed E-state index contributed by atoms with van der Waals surface area (Å²) in [5, 5.41) is 0. The van der Waals surface area contributed by atoms with Crippen LogP contribution in [0, 0.1) is 11.2 Å². The van der Waals surface area contributed by atoms with E-state index in [0.717, 1.165) is 49.6 Å². The van der Waals surface area contributed by atoms with Gasteiger partial charge in [0.2, 0.25) is 0 Å². The number of anilines is 1. The van der Waals surface area contributed by atoms with Gasteiger partial charge in [0.1, 0.15) is 5.82 Å². The number of rotatable bonds is 7. The molecule has 1 saturated heterocycles. The molecule has 1 aliphatic carbocycles. The second-order valence-corrected chi connectivity index (χ2v) is 10.0. The van der Waals surface area contributed by atoms with Gasteiger partial charge in [-0.15, -0.1) is 0 Å². The van der Waals surface area contributed by atoms with Crippen LogP contribution in [-0.4, -0.2) is 50.4 Å². The molecule has 0 unspecified atom stereocenters. The lowest BCUT2D eigenvalue weighted by Crippen LogP contribution is -2.59. The van der Waals surface area contributed by atoms with Crippen molar-refractivity contribution in [1.29, 1.82) is 0 Å². The Morgan fingerprint density at radius 3 is 2.27 bits per heavy atom. The first-order valence-electron chi connectivity index (χ1n) is 12.4.